The summed E-state index contributed by atoms with van der Waals surface area (Å²) in [6.07, 6.45) is -4.63. The van der Waals surface area contributed by atoms with E-state index < -0.39 is 41.2 Å². The summed E-state index contributed by atoms with van der Waals surface area (Å²) in [6.45, 7) is 0. The zero-order valence-electron chi connectivity index (χ0n) is 18.5. The molecule has 0 radical (unpaired) electrons. The number of aryl methyl sites for hydroxylation is 1. The number of alkyl halides is 3. The molecule has 3 aromatic carbocycles. The second-order valence-corrected chi connectivity index (χ2v) is 8.45. The fraction of sp³-hybridized carbons (Fsp3) is 0.148. The van der Waals surface area contributed by atoms with Crippen LogP contribution in [0.2, 0.25) is 0 Å². The van der Waals surface area contributed by atoms with Crippen molar-refractivity contribution in [1.29, 1.82) is 0 Å². The molecule has 9 heteroatoms. The molecule has 1 heterocycles. The third-order valence-corrected chi connectivity index (χ3v) is 6.11. The summed E-state index contributed by atoms with van der Waals surface area (Å²) in [7, 11) is 0. The lowest BCUT2D eigenvalue weighted by Gasteiger charge is -2.15. The molecule has 1 N–H and O–H groups in total. The van der Waals surface area contributed by atoms with Crippen molar-refractivity contribution in [3.63, 3.8) is 0 Å². The van der Waals surface area contributed by atoms with Gasteiger partial charge in [-0.2, -0.15) is 13.2 Å². The van der Waals surface area contributed by atoms with Crippen LogP contribution in [0, 0.1) is 5.82 Å². The van der Waals surface area contributed by atoms with E-state index in [1.807, 2.05) is 0 Å². The molecule has 5 nitrogen and oxygen atoms in total. The first-order chi connectivity index (χ1) is 17.1. The predicted molar refractivity (Wildman–Crippen MR) is 124 cm³/mol. The van der Waals surface area contributed by atoms with Gasteiger partial charge in [0.05, 0.1) is 23.2 Å². The Hall–Kier alpha value is -4.27. The van der Waals surface area contributed by atoms with E-state index >= 15 is 0 Å². The van der Waals surface area contributed by atoms with Crippen molar-refractivity contribution in [3.8, 4) is 11.1 Å². The zero-order valence-corrected chi connectivity index (χ0v) is 18.5. The SMILES string of the molecule is O=C(Cc1c(-c2ccccc2)c2cc3c(cc2oc1=O)C(=O)CC3)Nc1ccc(F)cc1C(F)(F)F. The number of rotatable bonds is 4. The number of benzene rings is 3. The summed E-state index contributed by atoms with van der Waals surface area (Å²) < 4.78 is 59.0. The smallest absolute Gasteiger partial charge is 0.418 e. The third kappa shape index (κ3) is 4.28. The molecule has 5 rings (SSSR count). The lowest BCUT2D eigenvalue weighted by atomic mass is 9.93. The van der Waals surface area contributed by atoms with Crippen molar-refractivity contribution in [2.75, 3.05) is 5.32 Å². The predicted octanol–water partition coefficient (Wildman–Crippen LogP) is 5.93. The minimum absolute atomic E-state index is 0.0499. The molecule has 1 aliphatic rings. The molecule has 0 saturated carbocycles. The zero-order chi connectivity index (χ0) is 25.6. The van der Waals surface area contributed by atoms with Crippen LogP contribution in [-0.4, -0.2) is 11.7 Å². The average molecular weight is 495 g/mol. The Balaban J connectivity index is 1.61. The Labute approximate surface area is 201 Å². The van der Waals surface area contributed by atoms with Gasteiger partial charge in [0, 0.05) is 22.9 Å². The number of fused-ring (bicyclic) bond motifs is 2. The number of halogens is 4. The molecule has 0 atom stereocenters. The molecule has 0 unspecified atom stereocenters. The third-order valence-electron chi connectivity index (χ3n) is 6.11. The van der Waals surface area contributed by atoms with Crippen LogP contribution in [0.15, 0.2) is 69.9 Å². The molecular weight excluding hydrogens is 478 g/mol. The Kier molecular flexibility index (Phi) is 5.70. The van der Waals surface area contributed by atoms with Gasteiger partial charge >= 0.3 is 11.8 Å². The highest BCUT2D eigenvalue weighted by atomic mass is 19.4. The Morgan fingerprint density at radius 2 is 1.72 bits per heavy atom. The molecule has 36 heavy (non-hydrogen) atoms. The quantitative estimate of drug-likeness (QED) is 0.281. The van der Waals surface area contributed by atoms with Crippen molar-refractivity contribution < 1.29 is 31.6 Å². The van der Waals surface area contributed by atoms with Gasteiger partial charge in [-0.15, -0.1) is 0 Å². The Morgan fingerprint density at radius 3 is 2.44 bits per heavy atom. The summed E-state index contributed by atoms with van der Waals surface area (Å²) >= 11 is 0. The first-order valence-corrected chi connectivity index (χ1v) is 11.0. The van der Waals surface area contributed by atoms with Crippen LogP contribution in [0.5, 0.6) is 0 Å². The van der Waals surface area contributed by atoms with Crippen LogP contribution in [0.3, 0.4) is 0 Å². The first kappa shape index (κ1) is 23.5. The molecule has 0 bridgehead atoms. The maximum absolute atomic E-state index is 13.4. The van der Waals surface area contributed by atoms with Crippen molar-refractivity contribution in [2.45, 2.75) is 25.4 Å². The molecule has 182 valence electrons. The highest BCUT2D eigenvalue weighted by Gasteiger charge is 2.34. The summed E-state index contributed by atoms with van der Waals surface area (Å²) in [5.74, 6) is -2.07. The monoisotopic (exact) mass is 495 g/mol. The molecule has 0 saturated heterocycles. The summed E-state index contributed by atoms with van der Waals surface area (Å²) in [5, 5.41) is 2.65. The van der Waals surface area contributed by atoms with Crippen molar-refractivity contribution in [1.82, 2.24) is 0 Å². The largest absolute Gasteiger partial charge is 0.422 e. The molecule has 1 amide bonds. The Morgan fingerprint density at radius 1 is 0.972 bits per heavy atom. The number of nitrogens with one attached hydrogen (secondary N) is 1. The lowest BCUT2D eigenvalue weighted by Crippen LogP contribution is -2.22. The normalized spacial score (nSPS) is 13.2. The van der Waals surface area contributed by atoms with Gasteiger partial charge in [-0.3, -0.25) is 9.59 Å². The molecule has 1 aliphatic carbocycles. The van der Waals surface area contributed by atoms with Crippen LogP contribution in [0.4, 0.5) is 23.2 Å². The minimum atomic E-state index is -4.90. The maximum atomic E-state index is 13.4. The highest BCUT2D eigenvalue weighted by Crippen LogP contribution is 2.37. The van der Waals surface area contributed by atoms with Gasteiger partial charge in [0.2, 0.25) is 5.91 Å². The standard InChI is InChI=1S/C27H17F4NO4/c28-16-7-8-21(20(11-16)27(29,30)31)32-24(34)13-19-25(14-4-2-1-3-5-14)18-10-15-6-9-22(33)17(15)12-23(18)36-26(19)35/h1-5,7-8,10-12H,6,9,13H2,(H,32,34). The van der Waals surface area contributed by atoms with E-state index in [1.54, 1.807) is 36.4 Å². The molecule has 1 aromatic heterocycles. The maximum Gasteiger partial charge on any atom is 0.418 e. The van der Waals surface area contributed by atoms with Crippen LogP contribution < -0.4 is 10.9 Å². The van der Waals surface area contributed by atoms with Gasteiger partial charge < -0.3 is 9.73 Å². The molecule has 4 aromatic rings. The fourth-order valence-corrected chi connectivity index (χ4v) is 4.49. The van der Waals surface area contributed by atoms with E-state index in [-0.39, 0.29) is 23.0 Å². The second-order valence-electron chi connectivity index (χ2n) is 8.45. The number of ketones is 1. The van der Waals surface area contributed by atoms with Crippen molar-refractivity contribution in [3.05, 3.63) is 99.2 Å². The minimum Gasteiger partial charge on any atom is -0.422 e. The highest BCUT2D eigenvalue weighted by molar-refractivity contribution is 6.06. The first-order valence-electron chi connectivity index (χ1n) is 11.0. The van der Waals surface area contributed by atoms with Crippen LogP contribution in [0.1, 0.15) is 33.5 Å². The van der Waals surface area contributed by atoms with Crippen molar-refractivity contribution in [2.24, 2.45) is 0 Å². The summed E-state index contributed by atoms with van der Waals surface area (Å²) in [6, 6.07) is 13.9. The fourth-order valence-electron chi connectivity index (χ4n) is 4.49. The van der Waals surface area contributed by atoms with Crippen LogP contribution in [0.25, 0.3) is 22.1 Å². The van der Waals surface area contributed by atoms with Gasteiger partial charge in [0.25, 0.3) is 0 Å². The number of hydrogen-bond donors (Lipinski definition) is 1. The summed E-state index contributed by atoms with van der Waals surface area (Å²) in [4.78, 5) is 38.0. The number of hydrogen-bond acceptors (Lipinski definition) is 4. The van der Waals surface area contributed by atoms with E-state index in [0.29, 0.717) is 34.9 Å². The van der Waals surface area contributed by atoms with Gasteiger partial charge in [-0.1, -0.05) is 30.3 Å². The molecule has 0 aliphatic heterocycles. The van der Waals surface area contributed by atoms with Gasteiger partial charge in [0.15, 0.2) is 5.78 Å². The lowest BCUT2D eigenvalue weighted by molar-refractivity contribution is -0.137. The second kappa shape index (κ2) is 8.75. The average Bonchev–Trinajstić information content (AvgIpc) is 3.19. The number of amides is 1. The van der Waals surface area contributed by atoms with E-state index in [1.165, 1.54) is 6.07 Å². The van der Waals surface area contributed by atoms with Gasteiger partial charge in [-0.25, -0.2) is 9.18 Å². The Bertz CT molecular complexity index is 1590. The number of anilines is 1. The van der Waals surface area contributed by atoms with E-state index in [2.05, 4.69) is 5.32 Å². The molecule has 0 spiro atoms. The van der Waals surface area contributed by atoms with E-state index in [0.717, 1.165) is 17.7 Å². The number of carbonyl (C=O) groups excluding carboxylic acids is 2. The number of carbonyl (C=O) groups is 2. The van der Waals surface area contributed by atoms with Crippen molar-refractivity contribution >= 4 is 28.3 Å². The van der Waals surface area contributed by atoms with E-state index in [4.69, 9.17) is 4.42 Å². The molecule has 0 fully saturated rings. The van der Waals surface area contributed by atoms with Crippen LogP contribution >= 0.6 is 0 Å². The number of Topliss-reactive ketones (excluding diaryl/α,β-unsaturated/α-hetero) is 1. The van der Waals surface area contributed by atoms with Crippen LogP contribution in [-0.2, 0) is 23.8 Å². The van der Waals surface area contributed by atoms with Gasteiger partial charge in [0.1, 0.15) is 11.4 Å². The van der Waals surface area contributed by atoms with E-state index in [9.17, 15) is 31.9 Å². The van der Waals surface area contributed by atoms with Gasteiger partial charge in [-0.05, 0) is 47.9 Å². The molecular formula is C27H17F4NO4. The topological polar surface area (TPSA) is 76.4 Å². The summed E-state index contributed by atoms with van der Waals surface area (Å²) in [5.41, 5.74) is -0.435.